The minimum Gasteiger partial charge on any atom is -0.359 e. The zero-order chi connectivity index (χ0) is 19.9. The quantitative estimate of drug-likeness (QED) is 0.340. The van der Waals surface area contributed by atoms with E-state index < -0.39 is 28.1 Å². The van der Waals surface area contributed by atoms with Gasteiger partial charge in [-0.2, -0.15) is 4.31 Å². The Morgan fingerprint density at radius 1 is 1.19 bits per heavy atom. The highest BCUT2D eigenvalue weighted by Gasteiger charge is 2.36. The third kappa shape index (κ3) is 5.99. The first kappa shape index (κ1) is 21.3. The SMILES string of the molecule is C[NH+](C)CCCNC(=O)C(=O)NC[C@@H]1OCCN1S(=O)(=O)c1ccccc1. The Balaban J connectivity index is 1.86. The average molecular weight is 399 g/mol. The number of quaternary nitrogens is 1. The van der Waals surface area contributed by atoms with Gasteiger partial charge in [0.1, 0.15) is 6.23 Å². The van der Waals surface area contributed by atoms with Crippen LogP contribution in [0.3, 0.4) is 0 Å². The van der Waals surface area contributed by atoms with E-state index in [1.807, 2.05) is 14.1 Å². The molecule has 0 radical (unpaired) electrons. The van der Waals surface area contributed by atoms with E-state index in [1.165, 1.54) is 21.3 Å². The van der Waals surface area contributed by atoms with E-state index in [1.54, 1.807) is 18.2 Å². The van der Waals surface area contributed by atoms with E-state index >= 15 is 0 Å². The van der Waals surface area contributed by atoms with Gasteiger partial charge < -0.3 is 20.3 Å². The molecule has 1 aliphatic rings. The first-order chi connectivity index (χ1) is 12.8. The molecule has 0 unspecified atom stereocenters. The molecule has 1 aromatic carbocycles. The zero-order valence-electron chi connectivity index (χ0n) is 15.6. The van der Waals surface area contributed by atoms with Crippen molar-refractivity contribution < 1.29 is 27.6 Å². The Hall–Kier alpha value is -2.01. The van der Waals surface area contributed by atoms with Crippen molar-refractivity contribution in [1.82, 2.24) is 14.9 Å². The van der Waals surface area contributed by atoms with Crippen molar-refractivity contribution in [2.24, 2.45) is 0 Å². The summed E-state index contributed by atoms with van der Waals surface area (Å²) in [5.41, 5.74) is 0. The Labute approximate surface area is 159 Å². The van der Waals surface area contributed by atoms with Gasteiger partial charge >= 0.3 is 11.8 Å². The molecule has 9 nitrogen and oxygen atoms in total. The molecule has 27 heavy (non-hydrogen) atoms. The average Bonchev–Trinajstić information content (AvgIpc) is 3.13. The topological polar surface area (TPSA) is 109 Å². The maximum Gasteiger partial charge on any atom is 0.309 e. The van der Waals surface area contributed by atoms with Gasteiger partial charge in [-0.05, 0) is 12.1 Å². The molecule has 0 bridgehead atoms. The lowest BCUT2D eigenvalue weighted by molar-refractivity contribution is -0.858. The first-order valence-corrected chi connectivity index (χ1v) is 10.3. The van der Waals surface area contributed by atoms with Crippen LogP contribution in [0.5, 0.6) is 0 Å². The van der Waals surface area contributed by atoms with Gasteiger partial charge in [0.05, 0.1) is 38.7 Å². The van der Waals surface area contributed by atoms with E-state index in [-0.39, 0.29) is 24.6 Å². The highest BCUT2D eigenvalue weighted by Crippen LogP contribution is 2.21. The van der Waals surface area contributed by atoms with Gasteiger partial charge in [0.25, 0.3) is 0 Å². The van der Waals surface area contributed by atoms with Crippen LogP contribution in [-0.2, 0) is 24.3 Å². The molecule has 1 fully saturated rings. The van der Waals surface area contributed by atoms with Crippen molar-refractivity contribution >= 4 is 21.8 Å². The summed E-state index contributed by atoms with van der Waals surface area (Å²) >= 11 is 0. The minimum absolute atomic E-state index is 0.0971. The summed E-state index contributed by atoms with van der Waals surface area (Å²) in [6, 6.07) is 8.03. The predicted octanol–water partition coefficient (Wildman–Crippen LogP) is -2.20. The van der Waals surface area contributed by atoms with Crippen molar-refractivity contribution in [3.63, 3.8) is 0 Å². The second kappa shape index (κ2) is 9.79. The minimum atomic E-state index is -3.73. The van der Waals surface area contributed by atoms with Gasteiger partial charge in [0, 0.05) is 19.5 Å². The van der Waals surface area contributed by atoms with E-state index in [4.69, 9.17) is 4.74 Å². The lowest BCUT2D eigenvalue weighted by Crippen LogP contribution is -3.05. The molecule has 1 saturated heterocycles. The molecule has 0 spiro atoms. The van der Waals surface area contributed by atoms with Gasteiger partial charge in [-0.1, -0.05) is 18.2 Å². The van der Waals surface area contributed by atoms with Gasteiger partial charge in [0.2, 0.25) is 10.0 Å². The molecule has 1 aliphatic heterocycles. The Morgan fingerprint density at radius 2 is 1.85 bits per heavy atom. The molecule has 150 valence electrons. The highest BCUT2D eigenvalue weighted by molar-refractivity contribution is 7.89. The summed E-state index contributed by atoms with van der Waals surface area (Å²) in [7, 11) is 0.283. The summed E-state index contributed by atoms with van der Waals surface area (Å²) in [6.45, 7) is 1.61. The van der Waals surface area contributed by atoms with Crippen molar-refractivity contribution in [1.29, 1.82) is 0 Å². The molecule has 3 N–H and O–H groups in total. The maximum atomic E-state index is 12.7. The number of nitrogens with zero attached hydrogens (tertiary/aromatic N) is 1. The van der Waals surface area contributed by atoms with Gasteiger partial charge in [-0.3, -0.25) is 9.59 Å². The van der Waals surface area contributed by atoms with Gasteiger partial charge in [0.15, 0.2) is 0 Å². The van der Waals surface area contributed by atoms with Gasteiger partial charge in [-0.15, -0.1) is 0 Å². The molecule has 1 heterocycles. The third-order valence-electron chi connectivity index (χ3n) is 4.08. The maximum absolute atomic E-state index is 12.7. The number of nitrogens with one attached hydrogen (secondary N) is 3. The van der Waals surface area contributed by atoms with Crippen molar-refractivity contribution in [3.8, 4) is 0 Å². The molecule has 1 aromatic rings. The number of benzene rings is 1. The number of sulfonamides is 1. The zero-order valence-corrected chi connectivity index (χ0v) is 16.4. The molecule has 10 heteroatoms. The summed E-state index contributed by atoms with van der Waals surface area (Å²) in [5, 5.41) is 4.98. The van der Waals surface area contributed by atoms with Crippen LogP contribution in [0.2, 0.25) is 0 Å². The smallest absolute Gasteiger partial charge is 0.309 e. The van der Waals surface area contributed by atoms with Gasteiger partial charge in [-0.25, -0.2) is 8.42 Å². The molecule has 1 atom stereocenters. The summed E-state index contributed by atoms with van der Waals surface area (Å²) in [5.74, 6) is -1.54. The monoisotopic (exact) mass is 399 g/mol. The normalized spacial score (nSPS) is 17.8. The van der Waals surface area contributed by atoms with Crippen LogP contribution in [0, 0.1) is 0 Å². The van der Waals surface area contributed by atoms with Crippen molar-refractivity contribution in [2.45, 2.75) is 17.5 Å². The number of carbonyl (C=O) groups is 2. The van der Waals surface area contributed by atoms with Crippen LogP contribution >= 0.6 is 0 Å². The van der Waals surface area contributed by atoms with Crippen LogP contribution in [0.4, 0.5) is 0 Å². The van der Waals surface area contributed by atoms with E-state index in [0.717, 1.165) is 13.0 Å². The van der Waals surface area contributed by atoms with Crippen molar-refractivity contribution in [2.75, 3.05) is 46.9 Å². The summed E-state index contributed by atoms with van der Waals surface area (Å²) < 4.78 is 32.0. The molecular formula is C17H27N4O5S+. The van der Waals surface area contributed by atoms with Crippen LogP contribution in [0.15, 0.2) is 35.2 Å². The number of carbonyl (C=O) groups excluding carboxylic acids is 2. The fraction of sp³-hybridized carbons (Fsp3) is 0.529. The number of hydrogen-bond acceptors (Lipinski definition) is 5. The molecule has 0 aromatic heterocycles. The lowest BCUT2D eigenvalue weighted by Gasteiger charge is -2.22. The van der Waals surface area contributed by atoms with E-state index in [2.05, 4.69) is 10.6 Å². The number of hydrogen-bond donors (Lipinski definition) is 3. The lowest BCUT2D eigenvalue weighted by atomic mass is 10.4. The van der Waals surface area contributed by atoms with E-state index in [0.29, 0.717) is 6.54 Å². The third-order valence-corrected chi connectivity index (χ3v) is 5.98. The number of amides is 2. The van der Waals surface area contributed by atoms with Crippen LogP contribution in [0.25, 0.3) is 0 Å². The standard InChI is InChI=1S/C17H26N4O5S/c1-20(2)10-6-9-18-16(22)17(23)19-13-15-21(11-12-26-15)27(24,25)14-7-4-3-5-8-14/h3-5,7-8,15H,6,9-13H2,1-2H3,(H,18,22)(H,19,23)/p+1/t15-/m0/s1. The fourth-order valence-electron chi connectivity index (χ4n) is 2.65. The van der Waals surface area contributed by atoms with Crippen LogP contribution < -0.4 is 15.5 Å². The molecule has 0 aliphatic carbocycles. The van der Waals surface area contributed by atoms with Crippen LogP contribution in [0.1, 0.15) is 6.42 Å². The molecule has 0 saturated carbocycles. The molecule has 2 amide bonds. The van der Waals surface area contributed by atoms with E-state index in [9.17, 15) is 18.0 Å². The fourth-order valence-corrected chi connectivity index (χ4v) is 4.19. The second-order valence-electron chi connectivity index (χ2n) is 6.53. The Kier molecular flexibility index (Phi) is 7.72. The molecule has 2 rings (SSSR count). The number of ether oxygens (including phenoxy) is 1. The summed E-state index contributed by atoms with van der Waals surface area (Å²) in [6.07, 6.45) is -0.0831. The Morgan fingerprint density at radius 3 is 2.52 bits per heavy atom. The highest BCUT2D eigenvalue weighted by atomic mass is 32.2. The van der Waals surface area contributed by atoms with Crippen LogP contribution in [-0.4, -0.2) is 77.6 Å². The summed E-state index contributed by atoms with van der Waals surface area (Å²) in [4.78, 5) is 25.1. The number of rotatable bonds is 8. The predicted molar refractivity (Wildman–Crippen MR) is 98.4 cm³/mol. The second-order valence-corrected chi connectivity index (χ2v) is 8.42. The van der Waals surface area contributed by atoms with Crippen molar-refractivity contribution in [3.05, 3.63) is 30.3 Å². The first-order valence-electron chi connectivity index (χ1n) is 8.86. The Bertz CT molecular complexity index is 739. The largest absolute Gasteiger partial charge is 0.359 e. The molecular weight excluding hydrogens is 372 g/mol.